The summed E-state index contributed by atoms with van der Waals surface area (Å²) in [5, 5.41) is 38.2. The van der Waals surface area contributed by atoms with Gasteiger partial charge in [-0.1, -0.05) is 364 Å². The quantitative estimate of drug-likeness (QED) is 0.154. The first-order chi connectivity index (χ1) is 65.0. The molecule has 0 aliphatic heterocycles. The molecule has 6 heterocycles. The van der Waals surface area contributed by atoms with E-state index in [0.29, 0.717) is 0 Å². The van der Waals surface area contributed by atoms with Crippen LogP contribution in [0, 0.1) is 0 Å². The highest BCUT2D eigenvalue weighted by Gasteiger charge is 2.29. The van der Waals surface area contributed by atoms with Gasteiger partial charge in [0.25, 0.3) is 0 Å². The van der Waals surface area contributed by atoms with Crippen molar-refractivity contribution in [2.45, 2.75) is 0 Å². The molecule has 6 nitrogen and oxygen atoms in total. The Balaban J connectivity index is 0.000000101. The fourth-order valence-corrected chi connectivity index (χ4v) is 21.9. The number of aromatic nitrogens is 3. The summed E-state index contributed by atoms with van der Waals surface area (Å²) in [5.74, 6) is 0. The Morgan fingerprint density at radius 1 is 0.183 bits per heavy atom. The minimum Gasteiger partial charge on any atom is -0.455 e. The molecule has 0 spiro atoms. The Labute approximate surface area is 750 Å². The molecule has 6 heteroatoms. The summed E-state index contributed by atoms with van der Waals surface area (Å²) in [6.45, 7) is 0. The number of nitrogens with zero attached hydrogens (tertiary/aromatic N) is 3. The average molecular weight is 1660 g/mol. The van der Waals surface area contributed by atoms with Gasteiger partial charge >= 0.3 is 0 Å². The van der Waals surface area contributed by atoms with E-state index in [1.807, 2.05) is 30.7 Å². The van der Waals surface area contributed by atoms with E-state index in [1.54, 1.807) is 0 Å². The summed E-state index contributed by atoms with van der Waals surface area (Å²) in [6.07, 6.45) is 5.69. The van der Waals surface area contributed by atoms with E-state index in [4.69, 9.17) is 23.2 Å². The van der Waals surface area contributed by atoms with Gasteiger partial charge in [-0.15, -0.1) is 0 Å². The van der Waals surface area contributed by atoms with Crippen molar-refractivity contribution in [3.8, 4) is 66.9 Å². The molecule has 131 heavy (non-hydrogen) atoms. The summed E-state index contributed by atoms with van der Waals surface area (Å²) >= 11 is 0. The number of fused-ring (bicyclic) bond motifs is 29. The third-order valence-corrected chi connectivity index (χ3v) is 27.4. The van der Waals surface area contributed by atoms with Crippen LogP contribution in [0.2, 0.25) is 0 Å². The van der Waals surface area contributed by atoms with Gasteiger partial charge in [-0.25, -0.2) is 4.98 Å². The van der Waals surface area contributed by atoms with Crippen LogP contribution in [0.4, 0.5) is 0 Å². The largest absolute Gasteiger partial charge is 0.455 e. The molecule has 0 N–H and O–H groups in total. The average Bonchev–Trinajstić information content (AvgIpc) is 1.58. The summed E-state index contributed by atoms with van der Waals surface area (Å²) in [4.78, 5) is 14.5. The number of pyridine rings is 3. The molecule has 0 aliphatic rings. The summed E-state index contributed by atoms with van der Waals surface area (Å²) < 4.78 is 20.7. The van der Waals surface area contributed by atoms with E-state index in [-0.39, 0.29) is 0 Å². The van der Waals surface area contributed by atoms with Crippen molar-refractivity contribution >= 4 is 217 Å². The molecule has 23 aromatic carbocycles. The molecular formula is C125H73N3O3. The molecule has 0 fully saturated rings. The summed E-state index contributed by atoms with van der Waals surface area (Å²) in [6, 6.07) is 152. The van der Waals surface area contributed by atoms with Crippen LogP contribution in [0.3, 0.4) is 0 Å². The molecule has 0 saturated heterocycles. The molecule has 29 aromatic rings. The van der Waals surface area contributed by atoms with Crippen molar-refractivity contribution in [2.75, 3.05) is 0 Å². The van der Waals surface area contributed by atoms with E-state index < -0.39 is 0 Å². The number of rotatable bonds is 6. The molecule has 29 rings (SSSR count). The van der Waals surface area contributed by atoms with Crippen LogP contribution >= 0.6 is 0 Å². The zero-order valence-corrected chi connectivity index (χ0v) is 70.7. The first-order valence-electron chi connectivity index (χ1n) is 44.7. The van der Waals surface area contributed by atoms with Gasteiger partial charge in [0.1, 0.15) is 33.5 Å². The molecule has 0 bridgehead atoms. The van der Waals surface area contributed by atoms with Crippen molar-refractivity contribution in [1.82, 2.24) is 15.0 Å². The molecule has 0 aliphatic carbocycles. The summed E-state index contributed by atoms with van der Waals surface area (Å²) in [7, 11) is 0. The second-order valence-corrected chi connectivity index (χ2v) is 34.4. The van der Waals surface area contributed by atoms with Crippen LogP contribution in [0.15, 0.2) is 456 Å². The van der Waals surface area contributed by atoms with Crippen LogP contribution in [-0.4, -0.2) is 15.0 Å². The zero-order chi connectivity index (χ0) is 85.9. The highest BCUT2D eigenvalue weighted by atomic mass is 16.3. The summed E-state index contributed by atoms with van der Waals surface area (Å²) in [5.41, 5.74) is 21.2. The second kappa shape index (κ2) is 29.6. The van der Waals surface area contributed by atoms with Crippen LogP contribution < -0.4 is 0 Å². The number of hydrogen-bond acceptors (Lipinski definition) is 6. The predicted molar refractivity (Wildman–Crippen MR) is 552 cm³/mol. The van der Waals surface area contributed by atoms with Gasteiger partial charge in [0, 0.05) is 112 Å². The third kappa shape index (κ3) is 11.5. The number of hydrogen-bond donors (Lipinski definition) is 0. The maximum Gasteiger partial charge on any atom is 0.143 e. The Hall–Kier alpha value is -17.5. The Bertz CT molecular complexity index is 9730. The van der Waals surface area contributed by atoms with Crippen molar-refractivity contribution in [2.24, 2.45) is 0 Å². The lowest BCUT2D eigenvalue weighted by molar-refractivity contribution is 0.670. The van der Waals surface area contributed by atoms with Gasteiger partial charge in [-0.05, 0) is 201 Å². The molecule has 6 aromatic heterocycles. The lowest BCUT2D eigenvalue weighted by Gasteiger charge is -2.19. The number of para-hydroxylation sites is 2. The SMILES string of the molecule is c1ccc2nc(-c3c4ccccc4c(-c4cc5ccccc5c5c4oc4ccc6ccccc6c45)c4ccccc34)ccc2c1.c1cnc2c(-c3c4ccccc4c(-c4cc5ccccc5c5c4oc4ccc6ccccc6c45)c4ccccc34)cccc2c1.c1cncc(-c2c3ccccc3c(-c3cc4ccccc4c4c3oc3ccc5ccccc5c34)c3ccccc23)c1. The van der Waals surface area contributed by atoms with Crippen molar-refractivity contribution in [1.29, 1.82) is 0 Å². The minimum atomic E-state index is 0.909. The van der Waals surface area contributed by atoms with Gasteiger partial charge in [0.05, 0.1) is 16.7 Å². The van der Waals surface area contributed by atoms with Crippen LogP contribution in [0.5, 0.6) is 0 Å². The first kappa shape index (κ1) is 73.9. The Morgan fingerprint density at radius 2 is 0.473 bits per heavy atom. The van der Waals surface area contributed by atoms with E-state index in [0.717, 1.165) is 94.4 Å². The van der Waals surface area contributed by atoms with E-state index in [9.17, 15) is 0 Å². The van der Waals surface area contributed by atoms with Crippen LogP contribution in [0.25, 0.3) is 284 Å². The maximum absolute atomic E-state index is 6.91. The fraction of sp³-hybridized carbons (Fsp3) is 0. The van der Waals surface area contributed by atoms with Crippen LogP contribution in [0.1, 0.15) is 0 Å². The maximum atomic E-state index is 6.91. The molecule has 0 radical (unpaired) electrons. The highest BCUT2D eigenvalue weighted by molar-refractivity contribution is 6.36. The van der Waals surface area contributed by atoms with Crippen molar-refractivity contribution < 1.29 is 13.3 Å². The van der Waals surface area contributed by atoms with Gasteiger partial charge in [-0.3, -0.25) is 9.97 Å². The first-order valence-corrected chi connectivity index (χ1v) is 44.7. The molecule has 0 atom stereocenters. The van der Waals surface area contributed by atoms with Gasteiger partial charge in [-0.2, -0.15) is 0 Å². The topological polar surface area (TPSA) is 78.1 Å². The molecule has 0 amide bonds. The lowest BCUT2D eigenvalue weighted by Crippen LogP contribution is -1.93. The monoisotopic (exact) mass is 1660 g/mol. The normalized spacial score (nSPS) is 12.0. The van der Waals surface area contributed by atoms with Gasteiger partial charge < -0.3 is 13.3 Å². The predicted octanol–water partition coefficient (Wildman–Crippen LogP) is 35.1. The second-order valence-electron chi connectivity index (χ2n) is 34.4. The number of benzene rings is 23. The molecule has 0 unspecified atom stereocenters. The van der Waals surface area contributed by atoms with Crippen LogP contribution in [-0.2, 0) is 0 Å². The Kier molecular flexibility index (Phi) is 16.7. The standard InChI is InChI=1S/2C43H25NO.C39H23NO/c1-4-14-29-26(11-1)22-24-38-41(29)42-30-15-5-2-13-28(30)25-35(43(42)45-38)39-31-16-6-8-18-33(31)40(34-19-9-7-17-32(34)39)37-23-21-27-12-3-10-20-36(27)44-37;1-3-15-29-26(11-1)22-23-37-40(29)41-30-16-4-2-12-28(30)25-36(43(41)45-37)39-33-19-7-5-17-31(33)38(32-18-6-8-20-34(32)39)35-21-9-13-27-14-10-24-44-42(27)35;1-3-13-27-24(10-1)19-20-34-37(27)38-28-14-4-2-11-25(28)22-33(39(38)41-34)36-31-17-7-5-15-29(31)35(26-12-9-21-40-23-26)30-16-6-8-18-32(30)36/h2*1-25H;1-23H. The highest BCUT2D eigenvalue weighted by Crippen LogP contribution is 2.55. The molecule has 0 saturated carbocycles. The van der Waals surface area contributed by atoms with E-state index in [1.165, 1.54) is 189 Å². The minimum absolute atomic E-state index is 0.909. The third-order valence-electron chi connectivity index (χ3n) is 27.4. The van der Waals surface area contributed by atoms with E-state index >= 15 is 0 Å². The number of furan rings is 3. The Morgan fingerprint density at radius 3 is 0.847 bits per heavy atom. The van der Waals surface area contributed by atoms with Gasteiger partial charge in [0.15, 0.2) is 0 Å². The fourth-order valence-electron chi connectivity index (χ4n) is 21.9. The van der Waals surface area contributed by atoms with Crippen molar-refractivity contribution in [3.63, 3.8) is 0 Å². The van der Waals surface area contributed by atoms with Gasteiger partial charge in [0.2, 0.25) is 0 Å². The van der Waals surface area contributed by atoms with Crippen molar-refractivity contribution in [3.05, 3.63) is 443 Å². The lowest BCUT2D eigenvalue weighted by atomic mass is 9.84. The molecule has 606 valence electrons. The zero-order valence-electron chi connectivity index (χ0n) is 70.7. The van der Waals surface area contributed by atoms with E-state index in [2.05, 4.69) is 417 Å². The smallest absolute Gasteiger partial charge is 0.143 e. The molecular weight excluding hydrogens is 1590 g/mol.